The number of amides is 1. The summed E-state index contributed by atoms with van der Waals surface area (Å²) in [6, 6.07) is 3.47. The van der Waals surface area contributed by atoms with E-state index in [1.807, 2.05) is 0 Å². The zero-order chi connectivity index (χ0) is 11.4. The molecule has 2 heterocycles. The molecule has 3 N–H and O–H groups in total. The lowest BCUT2D eigenvalue weighted by atomic mass is 10.2. The number of hydrazone groups is 1. The number of aromatic nitrogens is 1. The van der Waals surface area contributed by atoms with Gasteiger partial charge in [0.05, 0.1) is 0 Å². The minimum absolute atomic E-state index is 0.0886. The molecule has 0 unspecified atom stereocenters. The van der Waals surface area contributed by atoms with Crippen LogP contribution in [0, 0.1) is 0 Å². The second-order valence-corrected chi connectivity index (χ2v) is 3.80. The van der Waals surface area contributed by atoms with Gasteiger partial charge in [0.1, 0.15) is 6.04 Å². The Bertz CT molecular complexity index is 396. The Morgan fingerprint density at radius 1 is 1.56 bits per heavy atom. The second-order valence-electron chi connectivity index (χ2n) is 3.80. The van der Waals surface area contributed by atoms with E-state index < -0.39 is 0 Å². The van der Waals surface area contributed by atoms with Crippen LogP contribution < -0.4 is 11.2 Å². The third kappa shape index (κ3) is 2.43. The topological polar surface area (TPSA) is 71.0 Å². The largest absolute Gasteiger partial charge is 0.431 e. The van der Waals surface area contributed by atoms with Crippen LogP contribution in [0.5, 0.6) is 0 Å². The van der Waals surface area contributed by atoms with E-state index in [9.17, 15) is 4.79 Å². The van der Waals surface area contributed by atoms with Gasteiger partial charge >= 0.3 is 5.91 Å². The summed E-state index contributed by atoms with van der Waals surface area (Å²) >= 11 is 0. The van der Waals surface area contributed by atoms with Gasteiger partial charge in [0, 0.05) is 18.0 Å². The number of hydrogen-bond donors (Lipinski definition) is 2. The minimum Gasteiger partial charge on any atom is -0.302 e. The zero-order valence-electron chi connectivity index (χ0n) is 8.97. The first kappa shape index (κ1) is 10.8. The van der Waals surface area contributed by atoms with Crippen molar-refractivity contribution >= 4 is 12.1 Å². The van der Waals surface area contributed by atoms with E-state index in [0.29, 0.717) is 0 Å². The van der Waals surface area contributed by atoms with Gasteiger partial charge in [-0.3, -0.25) is 4.98 Å². The molecule has 1 aliphatic rings. The molecule has 0 saturated carbocycles. The van der Waals surface area contributed by atoms with Gasteiger partial charge in [-0.05, 0) is 31.5 Å². The highest BCUT2D eigenvalue weighted by atomic mass is 16.2. The molecule has 0 aliphatic carbocycles. The molecule has 0 spiro atoms. The van der Waals surface area contributed by atoms with Crippen molar-refractivity contribution in [3.63, 3.8) is 0 Å². The molecule has 0 aromatic carbocycles. The van der Waals surface area contributed by atoms with Crippen LogP contribution in [0.15, 0.2) is 24.5 Å². The number of carbonyl (C=O) groups excluding carboxylic acids is 1. The molecular weight excluding hydrogens is 204 g/mol. The predicted molar refractivity (Wildman–Crippen MR) is 59.9 cm³/mol. The number of nitrogens with one attached hydrogen (secondary N) is 1. The van der Waals surface area contributed by atoms with Crippen LogP contribution in [0.25, 0.3) is 0 Å². The molecule has 1 saturated heterocycles. The standard InChI is InChI=1S/C11H15N4O/c12-15(8-9-3-6-13-7-4-9)11(16)10-2-1-5-14-10/h3-4,6-8,10,14H,1-2,5,12H2/q+1/t10-/m0/s1. The summed E-state index contributed by atoms with van der Waals surface area (Å²) < 4.78 is 1.15. The summed E-state index contributed by atoms with van der Waals surface area (Å²) in [5.41, 5.74) is 0.865. The molecule has 1 atom stereocenters. The Labute approximate surface area is 94.0 Å². The molecule has 16 heavy (non-hydrogen) atoms. The van der Waals surface area contributed by atoms with Gasteiger partial charge in [-0.15, -0.1) is 0 Å². The Kier molecular flexibility index (Phi) is 3.26. The molecule has 1 aromatic heterocycles. The molecule has 84 valence electrons. The summed E-state index contributed by atoms with van der Waals surface area (Å²) in [7, 11) is 0. The lowest BCUT2D eigenvalue weighted by Gasteiger charge is -2.02. The number of pyridine rings is 1. The van der Waals surface area contributed by atoms with Crippen LogP contribution in [0.3, 0.4) is 0 Å². The van der Waals surface area contributed by atoms with Crippen molar-refractivity contribution in [1.29, 1.82) is 0 Å². The van der Waals surface area contributed by atoms with E-state index >= 15 is 0 Å². The van der Waals surface area contributed by atoms with Gasteiger partial charge in [0.15, 0.2) is 0 Å². The molecule has 0 bridgehead atoms. The zero-order valence-corrected chi connectivity index (χ0v) is 8.97. The Morgan fingerprint density at radius 2 is 2.31 bits per heavy atom. The summed E-state index contributed by atoms with van der Waals surface area (Å²) in [6.07, 6.45) is 6.83. The number of hydrogen-bond acceptors (Lipinski definition) is 4. The van der Waals surface area contributed by atoms with Crippen molar-refractivity contribution in [1.82, 2.24) is 10.3 Å². The fourth-order valence-corrected chi connectivity index (χ4v) is 1.75. The number of carbonyl (C=O) groups is 1. The molecule has 1 amide bonds. The van der Waals surface area contributed by atoms with Gasteiger partial charge in [0.2, 0.25) is 6.21 Å². The molecule has 5 heteroatoms. The highest BCUT2D eigenvalue weighted by Crippen LogP contribution is 2.05. The lowest BCUT2D eigenvalue weighted by Crippen LogP contribution is -2.42. The van der Waals surface area contributed by atoms with E-state index in [2.05, 4.69) is 10.3 Å². The van der Waals surface area contributed by atoms with Crippen LogP contribution >= 0.6 is 0 Å². The average molecular weight is 219 g/mol. The molecule has 5 nitrogen and oxygen atoms in total. The van der Waals surface area contributed by atoms with Crippen molar-refractivity contribution < 1.29 is 9.48 Å². The van der Waals surface area contributed by atoms with E-state index in [1.54, 1.807) is 30.7 Å². The second kappa shape index (κ2) is 4.85. The van der Waals surface area contributed by atoms with Gasteiger partial charge in [-0.25, -0.2) is 10.6 Å². The third-order valence-corrected chi connectivity index (χ3v) is 2.61. The Hall–Kier alpha value is -1.75. The van der Waals surface area contributed by atoms with Gasteiger partial charge in [0.25, 0.3) is 0 Å². The van der Waals surface area contributed by atoms with E-state index in [0.717, 1.165) is 29.6 Å². The van der Waals surface area contributed by atoms with E-state index in [-0.39, 0.29) is 11.9 Å². The highest BCUT2D eigenvalue weighted by Gasteiger charge is 2.30. The quantitative estimate of drug-likeness (QED) is 0.235. The van der Waals surface area contributed by atoms with Crippen LogP contribution in [0.1, 0.15) is 18.4 Å². The number of hydrazine groups is 1. The molecule has 0 radical (unpaired) electrons. The number of nitrogens with two attached hydrogens (primary N) is 1. The molecule has 2 rings (SSSR count). The first-order valence-corrected chi connectivity index (χ1v) is 5.33. The normalized spacial score (nSPS) is 21.0. The van der Waals surface area contributed by atoms with Crippen LogP contribution in [0.4, 0.5) is 0 Å². The predicted octanol–water partition coefficient (Wildman–Crippen LogP) is -0.335. The van der Waals surface area contributed by atoms with Crippen molar-refractivity contribution in [3.05, 3.63) is 30.1 Å². The molecule has 1 fully saturated rings. The van der Waals surface area contributed by atoms with Gasteiger partial charge in [-0.2, -0.15) is 0 Å². The van der Waals surface area contributed by atoms with Crippen molar-refractivity contribution in [2.24, 2.45) is 5.84 Å². The monoisotopic (exact) mass is 219 g/mol. The smallest absolute Gasteiger partial charge is 0.302 e. The maximum absolute atomic E-state index is 11.8. The summed E-state index contributed by atoms with van der Waals surface area (Å²) in [5.74, 6) is 5.61. The SMILES string of the molecule is N[N+](=Cc1ccncc1)C(=O)[C@@H]1CCCN1. The highest BCUT2D eigenvalue weighted by molar-refractivity contribution is 5.83. The average Bonchev–Trinajstić information content (AvgIpc) is 2.83. The van der Waals surface area contributed by atoms with Crippen LogP contribution in [0.2, 0.25) is 0 Å². The number of rotatable bonds is 2. The summed E-state index contributed by atoms with van der Waals surface area (Å²) in [4.78, 5) is 15.7. The molecular formula is C11H15N4O+. The Balaban J connectivity index is 2.09. The molecule has 1 aliphatic heterocycles. The van der Waals surface area contributed by atoms with Crippen molar-refractivity contribution in [2.45, 2.75) is 18.9 Å². The Morgan fingerprint density at radius 3 is 2.94 bits per heavy atom. The van der Waals surface area contributed by atoms with Crippen molar-refractivity contribution in [3.8, 4) is 0 Å². The van der Waals surface area contributed by atoms with Gasteiger partial charge in [-0.1, -0.05) is 4.68 Å². The first-order chi connectivity index (χ1) is 7.77. The van der Waals surface area contributed by atoms with Crippen LogP contribution in [-0.2, 0) is 4.79 Å². The van der Waals surface area contributed by atoms with E-state index in [1.165, 1.54) is 0 Å². The fraction of sp³-hybridized carbons (Fsp3) is 0.364. The van der Waals surface area contributed by atoms with Crippen LogP contribution in [-0.4, -0.2) is 34.4 Å². The van der Waals surface area contributed by atoms with E-state index in [4.69, 9.17) is 5.84 Å². The lowest BCUT2D eigenvalue weighted by molar-refractivity contribution is -0.456. The fourth-order valence-electron chi connectivity index (χ4n) is 1.75. The first-order valence-electron chi connectivity index (χ1n) is 5.33. The van der Waals surface area contributed by atoms with Crippen molar-refractivity contribution in [2.75, 3.05) is 6.54 Å². The number of nitrogens with zero attached hydrogens (tertiary/aromatic N) is 2. The maximum Gasteiger partial charge on any atom is 0.431 e. The third-order valence-electron chi connectivity index (χ3n) is 2.61. The minimum atomic E-state index is -0.136. The molecule has 1 aromatic rings. The maximum atomic E-state index is 11.8. The summed E-state index contributed by atoms with van der Waals surface area (Å²) in [5, 5.41) is 3.12. The summed E-state index contributed by atoms with van der Waals surface area (Å²) in [6.45, 7) is 0.888. The van der Waals surface area contributed by atoms with Gasteiger partial charge < -0.3 is 5.32 Å².